The van der Waals surface area contributed by atoms with Crippen molar-refractivity contribution in [3.63, 3.8) is 0 Å². The van der Waals surface area contributed by atoms with Gasteiger partial charge in [-0.25, -0.2) is 0 Å². The quantitative estimate of drug-likeness (QED) is 0.449. The number of likely N-dealkylation sites (tertiary alicyclic amines) is 2. The predicted molar refractivity (Wildman–Crippen MR) is 135 cm³/mol. The fraction of sp³-hybridized carbons (Fsp3) is 0.481. The molecule has 0 spiro atoms. The molecule has 2 aliphatic rings. The van der Waals surface area contributed by atoms with Crippen LogP contribution in [0, 0.1) is 5.21 Å². The fourth-order valence-corrected chi connectivity index (χ4v) is 5.31. The maximum Gasteiger partial charge on any atom is 0.283 e. The number of hydrogen-bond acceptors (Lipinski definition) is 4. The molecule has 182 valence electrons. The van der Waals surface area contributed by atoms with E-state index in [1.54, 1.807) is 0 Å². The molecule has 0 aliphatic carbocycles. The average Bonchev–Trinajstić information content (AvgIpc) is 2.85. The van der Waals surface area contributed by atoms with Gasteiger partial charge in [0.1, 0.15) is 0 Å². The zero-order chi connectivity index (χ0) is 23.8. The van der Waals surface area contributed by atoms with Gasteiger partial charge in [0, 0.05) is 30.8 Å². The number of carbonyl (C=O) groups excluding carboxylic acids is 2. The minimum Gasteiger partial charge on any atom is -0.632 e. The van der Waals surface area contributed by atoms with E-state index >= 15 is 0 Å². The van der Waals surface area contributed by atoms with Crippen LogP contribution in [0.3, 0.4) is 0 Å². The van der Waals surface area contributed by atoms with Crippen LogP contribution in [0.1, 0.15) is 44.9 Å². The minimum atomic E-state index is -0.576. The van der Waals surface area contributed by atoms with E-state index in [4.69, 9.17) is 0 Å². The van der Waals surface area contributed by atoms with E-state index in [0.29, 0.717) is 32.5 Å². The zero-order valence-corrected chi connectivity index (χ0v) is 19.8. The van der Waals surface area contributed by atoms with Crippen LogP contribution in [0.25, 0.3) is 0 Å². The summed E-state index contributed by atoms with van der Waals surface area (Å²) in [6.45, 7) is 2.44. The molecule has 0 radical (unpaired) electrons. The third-order valence-electron chi connectivity index (χ3n) is 7.12. The Morgan fingerprint density at radius 3 is 2.15 bits per heavy atom. The number of nitrogens with zero attached hydrogens (tertiary/aromatic N) is 2. The Labute approximate surface area is 202 Å². The van der Waals surface area contributed by atoms with Crippen LogP contribution in [-0.4, -0.2) is 59.6 Å². The summed E-state index contributed by atoms with van der Waals surface area (Å²) >= 11 is 0. The molecule has 2 amide bonds. The Balaban J connectivity index is 1.34. The fourth-order valence-electron chi connectivity index (χ4n) is 5.31. The number of para-hydroxylation sites is 2. The van der Waals surface area contributed by atoms with Gasteiger partial charge in [0.2, 0.25) is 5.91 Å². The summed E-state index contributed by atoms with van der Waals surface area (Å²) in [5.41, 5.74) is 1.54. The summed E-state index contributed by atoms with van der Waals surface area (Å²) in [4.78, 5) is 28.1. The van der Waals surface area contributed by atoms with Gasteiger partial charge in [-0.2, -0.15) is 0 Å². The molecule has 0 aromatic heterocycles. The molecule has 2 aliphatic heterocycles. The van der Waals surface area contributed by atoms with Crippen LogP contribution in [0.2, 0.25) is 0 Å². The molecule has 34 heavy (non-hydrogen) atoms. The normalized spacial score (nSPS) is 25.4. The van der Waals surface area contributed by atoms with Gasteiger partial charge in [-0.1, -0.05) is 42.8 Å². The van der Waals surface area contributed by atoms with Crippen molar-refractivity contribution in [3.05, 3.63) is 65.9 Å². The molecule has 0 bridgehead atoms. The van der Waals surface area contributed by atoms with Crippen molar-refractivity contribution >= 4 is 23.2 Å². The Bertz CT molecular complexity index is 939. The van der Waals surface area contributed by atoms with Crippen LogP contribution in [0.15, 0.2) is 60.7 Å². The van der Waals surface area contributed by atoms with Crippen molar-refractivity contribution in [2.45, 2.75) is 57.0 Å². The monoisotopic (exact) mass is 464 g/mol. The Hall–Kier alpha value is -2.74. The van der Waals surface area contributed by atoms with E-state index in [0.717, 1.165) is 50.0 Å². The molecule has 3 atom stereocenters. The van der Waals surface area contributed by atoms with Crippen molar-refractivity contribution in [2.24, 2.45) is 0 Å². The molecule has 7 heteroatoms. The first kappa shape index (κ1) is 24.4. The standard InChI is InChI=1S/C27H36N4O3/c32-26(28-22-12-3-1-4-13-22)24-16-7-9-18-30(24)19-11-21-31(34)20-10-8-17-25(31)27(33)29-23-14-5-2-6-15-23/h1-6,12-15,24-25H,7-11,16-21H2,(H,28,32)(H,29,33)/t24-,25-,31?/m0/s1. The SMILES string of the molecule is O=C(Nc1ccccc1)[C@@H]1CCCCN1CCC[N+]1([O-])CCCC[C@H]1C(=O)Nc1ccccc1. The van der Waals surface area contributed by atoms with Gasteiger partial charge in [0.15, 0.2) is 6.04 Å². The first-order chi connectivity index (χ1) is 16.5. The summed E-state index contributed by atoms with van der Waals surface area (Å²) in [6.07, 6.45) is 5.98. The Morgan fingerprint density at radius 1 is 0.853 bits per heavy atom. The number of nitrogens with one attached hydrogen (secondary N) is 2. The highest BCUT2D eigenvalue weighted by atomic mass is 16.5. The lowest BCUT2D eigenvalue weighted by molar-refractivity contribution is -0.901. The van der Waals surface area contributed by atoms with Crippen molar-refractivity contribution in [3.8, 4) is 0 Å². The molecular weight excluding hydrogens is 428 g/mol. The van der Waals surface area contributed by atoms with Gasteiger partial charge >= 0.3 is 0 Å². The summed E-state index contributed by atoms with van der Waals surface area (Å²) < 4.78 is -0.465. The van der Waals surface area contributed by atoms with Gasteiger partial charge in [-0.15, -0.1) is 0 Å². The lowest BCUT2D eigenvalue weighted by atomic mass is 9.99. The first-order valence-electron chi connectivity index (χ1n) is 12.6. The van der Waals surface area contributed by atoms with Crippen molar-refractivity contribution in [1.29, 1.82) is 0 Å². The summed E-state index contributed by atoms with van der Waals surface area (Å²) in [5, 5.41) is 19.7. The number of quaternary nitrogens is 1. The van der Waals surface area contributed by atoms with Crippen molar-refractivity contribution in [1.82, 2.24) is 4.90 Å². The molecule has 2 aromatic carbocycles. The van der Waals surface area contributed by atoms with Gasteiger partial charge in [-0.3, -0.25) is 14.5 Å². The molecule has 1 unspecified atom stereocenters. The summed E-state index contributed by atoms with van der Waals surface area (Å²) in [6, 6.07) is 18.1. The number of benzene rings is 2. The number of carbonyl (C=O) groups is 2. The van der Waals surface area contributed by atoms with E-state index in [2.05, 4.69) is 15.5 Å². The molecule has 2 N–H and O–H groups in total. The Morgan fingerprint density at radius 2 is 1.47 bits per heavy atom. The van der Waals surface area contributed by atoms with Crippen LogP contribution in [0.5, 0.6) is 0 Å². The van der Waals surface area contributed by atoms with Crippen LogP contribution in [0.4, 0.5) is 11.4 Å². The van der Waals surface area contributed by atoms with Gasteiger partial charge in [0.25, 0.3) is 5.91 Å². The molecule has 2 saturated heterocycles. The smallest absolute Gasteiger partial charge is 0.283 e. The van der Waals surface area contributed by atoms with Crippen LogP contribution < -0.4 is 10.6 Å². The zero-order valence-electron chi connectivity index (χ0n) is 19.8. The topological polar surface area (TPSA) is 84.5 Å². The van der Waals surface area contributed by atoms with Crippen LogP contribution >= 0.6 is 0 Å². The van der Waals surface area contributed by atoms with Gasteiger partial charge < -0.3 is 20.5 Å². The Kier molecular flexibility index (Phi) is 8.32. The second-order valence-corrected chi connectivity index (χ2v) is 9.52. The third-order valence-corrected chi connectivity index (χ3v) is 7.12. The van der Waals surface area contributed by atoms with E-state index in [1.807, 2.05) is 60.7 Å². The molecule has 2 aromatic rings. The molecule has 0 saturated carbocycles. The summed E-state index contributed by atoms with van der Waals surface area (Å²) in [7, 11) is 0. The lowest BCUT2D eigenvalue weighted by Crippen LogP contribution is -2.59. The second kappa shape index (κ2) is 11.6. The van der Waals surface area contributed by atoms with Crippen molar-refractivity contribution in [2.75, 3.05) is 36.8 Å². The third kappa shape index (κ3) is 6.23. The van der Waals surface area contributed by atoms with Crippen LogP contribution in [-0.2, 0) is 9.59 Å². The number of amides is 2. The number of hydroxylamine groups is 3. The lowest BCUT2D eigenvalue weighted by Gasteiger charge is -2.50. The molecular formula is C27H36N4O3. The van der Waals surface area contributed by atoms with E-state index in [1.165, 1.54) is 0 Å². The van der Waals surface area contributed by atoms with E-state index in [9.17, 15) is 14.8 Å². The van der Waals surface area contributed by atoms with Crippen molar-refractivity contribution < 1.29 is 14.2 Å². The minimum absolute atomic E-state index is 0.0232. The number of anilines is 2. The summed E-state index contributed by atoms with van der Waals surface area (Å²) in [5.74, 6) is -0.158. The molecule has 7 nitrogen and oxygen atoms in total. The highest BCUT2D eigenvalue weighted by Crippen LogP contribution is 2.27. The second-order valence-electron chi connectivity index (χ2n) is 9.52. The maximum atomic E-state index is 13.8. The van der Waals surface area contributed by atoms with E-state index < -0.39 is 10.7 Å². The highest BCUT2D eigenvalue weighted by molar-refractivity contribution is 5.95. The largest absolute Gasteiger partial charge is 0.632 e. The maximum absolute atomic E-state index is 13.8. The number of piperidine rings is 2. The predicted octanol–water partition coefficient (Wildman–Crippen LogP) is 4.38. The molecule has 2 fully saturated rings. The molecule has 2 heterocycles. The van der Waals surface area contributed by atoms with Gasteiger partial charge in [-0.05, 0) is 56.5 Å². The molecule has 4 rings (SSSR count). The average molecular weight is 465 g/mol. The number of rotatable bonds is 8. The van der Waals surface area contributed by atoms with Gasteiger partial charge in [0.05, 0.1) is 19.1 Å². The van der Waals surface area contributed by atoms with E-state index in [-0.39, 0.29) is 17.9 Å². The number of hydrogen-bond donors (Lipinski definition) is 2. The highest BCUT2D eigenvalue weighted by Gasteiger charge is 2.38. The first-order valence-corrected chi connectivity index (χ1v) is 12.6.